The molecule has 3 aromatic rings. The number of rotatable bonds is 9. The average Bonchev–Trinajstić information content (AvgIpc) is 2.75. The minimum absolute atomic E-state index is 0.0652. The molecule has 3 rings (SSSR count). The Hall–Kier alpha value is -3.55. The zero-order valence-corrected chi connectivity index (χ0v) is 17.0. The Kier molecular flexibility index (Phi) is 7.26. The first kappa shape index (κ1) is 21.2. The Labute approximate surface area is 174 Å². The Morgan fingerprint density at radius 1 is 1.13 bits per heavy atom. The lowest BCUT2D eigenvalue weighted by Crippen LogP contribution is -2.37. The van der Waals surface area contributed by atoms with Gasteiger partial charge in [-0.2, -0.15) is 0 Å². The highest BCUT2D eigenvalue weighted by Crippen LogP contribution is 2.15. The number of carbonyl (C=O) groups excluding carboxylic acids is 1. The van der Waals surface area contributed by atoms with Crippen molar-refractivity contribution in [2.75, 3.05) is 18.6 Å². The summed E-state index contributed by atoms with van der Waals surface area (Å²) in [7, 11) is 1.87. The molecular formula is C22H24FN5O2. The van der Waals surface area contributed by atoms with E-state index in [1.54, 1.807) is 30.5 Å². The molecule has 0 fully saturated rings. The van der Waals surface area contributed by atoms with Gasteiger partial charge < -0.3 is 15.0 Å². The number of hydrogen-bond donors (Lipinski definition) is 1. The fraction of sp³-hybridized carbons (Fsp3) is 0.273. The fourth-order valence-electron chi connectivity index (χ4n) is 2.88. The van der Waals surface area contributed by atoms with E-state index >= 15 is 0 Å². The predicted octanol–water partition coefficient (Wildman–Crippen LogP) is 2.77. The minimum Gasteiger partial charge on any atom is -0.466 e. The molecule has 8 heteroatoms. The zero-order chi connectivity index (χ0) is 21.3. The van der Waals surface area contributed by atoms with E-state index in [1.807, 2.05) is 37.1 Å². The third kappa shape index (κ3) is 6.51. The van der Waals surface area contributed by atoms with Crippen molar-refractivity contribution in [3.8, 4) is 5.88 Å². The highest BCUT2D eigenvalue weighted by molar-refractivity contribution is 5.77. The minimum atomic E-state index is -0.266. The first-order valence-electron chi connectivity index (χ1n) is 9.61. The summed E-state index contributed by atoms with van der Waals surface area (Å²) in [6, 6.07) is 15.3. The molecule has 156 valence electrons. The molecule has 7 nitrogen and oxygen atoms in total. The van der Waals surface area contributed by atoms with E-state index in [9.17, 15) is 9.18 Å². The number of hydrogen-bond acceptors (Lipinski definition) is 6. The second kappa shape index (κ2) is 10.3. The smallest absolute Gasteiger partial charge is 0.258 e. The SMILES string of the molecule is C[C@@H](Cc1ccccn1)NC(=O)COc1ccc(N(C)Cc2ccc(F)cc2)nn1. The van der Waals surface area contributed by atoms with Crippen LogP contribution < -0.4 is 15.0 Å². The Morgan fingerprint density at radius 3 is 2.60 bits per heavy atom. The summed E-state index contributed by atoms with van der Waals surface area (Å²) in [5, 5.41) is 11.0. The van der Waals surface area contributed by atoms with E-state index in [2.05, 4.69) is 20.5 Å². The van der Waals surface area contributed by atoms with Crippen LogP contribution in [0, 0.1) is 5.82 Å². The number of aromatic nitrogens is 3. The number of pyridine rings is 1. The molecule has 0 aliphatic rings. The number of halogens is 1. The molecule has 0 unspecified atom stereocenters. The molecular weight excluding hydrogens is 385 g/mol. The van der Waals surface area contributed by atoms with Gasteiger partial charge in [-0.25, -0.2) is 4.39 Å². The predicted molar refractivity (Wildman–Crippen MR) is 112 cm³/mol. The first-order valence-corrected chi connectivity index (χ1v) is 9.61. The highest BCUT2D eigenvalue weighted by Gasteiger charge is 2.11. The van der Waals surface area contributed by atoms with Gasteiger partial charge in [0, 0.05) is 44.0 Å². The lowest BCUT2D eigenvalue weighted by Gasteiger charge is -2.18. The van der Waals surface area contributed by atoms with Gasteiger partial charge in [-0.1, -0.05) is 18.2 Å². The van der Waals surface area contributed by atoms with E-state index in [0.29, 0.717) is 18.8 Å². The number of ether oxygens (including phenoxy) is 1. The van der Waals surface area contributed by atoms with Gasteiger partial charge in [-0.3, -0.25) is 9.78 Å². The standard InChI is InChI=1S/C22H24FN5O2/c1-16(13-19-5-3-4-12-24-19)25-21(29)15-30-22-11-10-20(26-27-22)28(2)14-17-6-8-18(23)9-7-17/h3-12,16H,13-15H2,1-2H3,(H,25,29)/t16-/m0/s1. The lowest BCUT2D eigenvalue weighted by atomic mass is 10.1. The van der Waals surface area contributed by atoms with E-state index in [0.717, 1.165) is 11.3 Å². The number of nitrogens with one attached hydrogen (secondary N) is 1. The van der Waals surface area contributed by atoms with Crippen LogP contribution in [0.5, 0.6) is 5.88 Å². The molecule has 1 aromatic carbocycles. The van der Waals surface area contributed by atoms with Crippen molar-refractivity contribution >= 4 is 11.7 Å². The van der Waals surface area contributed by atoms with Crippen LogP contribution in [0.3, 0.4) is 0 Å². The number of carbonyl (C=O) groups is 1. The summed E-state index contributed by atoms with van der Waals surface area (Å²) < 4.78 is 18.4. The van der Waals surface area contributed by atoms with Crippen molar-refractivity contribution in [1.29, 1.82) is 0 Å². The van der Waals surface area contributed by atoms with Gasteiger partial charge in [0.05, 0.1) is 0 Å². The molecule has 0 bridgehead atoms. The maximum atomic E-state index is 13.0. The summed E-state index contributed by atoms with van der Waals surface area (Å²) in [5.41, 5.74) is 1.87. The molecule has 2 aromatic heterocycles. The highest BCUT2D eigenvalue weighted by atomic mass is 19.1. The molecule has 1 atom stereocenters. The van der Waals surface area contributed by atoms with Crippen molar-refractivity contribution in [3.63, 3.8) is 0 Å². The van der Waals surface area contributed by atoms with Crippen LogP contribution in [0.25, 0.3) is 0 Å². The zero-order valence-electron chi connectivity index (χ0n) is 17.0. The Bertz CT molecular complexity index is 936. The molecule has 2 heterocycles. The van der Waals surface area contributed by atoms with Crippen molar-refractivity contribution in [3.05, 3.63) is 77.9 Å². The van der Waals surface area contributed by atoms with Crippen LogP contribution >= 0.6 is 0 Å². The molecule has 30 heavy (non-hydrogen) atoms. The maximum absolute atomic E-state index is 13.0. The normalized spacial score (nSPS) is 11.6. The Morgan fingerprint density at radius 2 is 1.93 bits per heavy atom. The van der Waals surface area contributed by atoms with Gasteiger partial charge in [0.25, 0.3) is 5.91 Å². The number of anilines is 1. The van der Waals surface area contributed by atoms with Gasteiger partial charge in [-0.15, -0.1) is 10.2 Å². The van der Waals surface area contributed by atoms with Crippen molar-refractivity contribution in [2.45, 2.75) is 25.9 Å². The van der Waals surface area contributed by atoms with E-state index in [1.165, 1.54) is 12.1 Å². The van der Waals surface area contributed by atoms with Crippen LogP contribution in [0.2, 0.25) is 0 Å². The van der Waals surface area contributed by atoms with Crippen molar-refractivity contribution < 1.29 is 13.9 Å². The van der Waals surface area contributed by atoms with Gasteiger partial charge in [-0.05, 0) is 42.8 Å². The molecule has 0 saturated carbocycles. The molecule has 0 aliphatic heterocycles. The molecule has 0 spiro atoms. The van der Waals surface area contributed by atoms with Gasteiger partial charge in [0.1, 0.15) is 5.82 Å². The largest absolute Gasteiger partial charge is 0.466 e. The third-order valence-corrected chi connectivity index (χ3v) is 4.35. The average molecular weight is 409 g/mol. The summed E-state index contributed by atoms with van der Waals surface area (Å²) in [5.74, 6) is 0.400. The van der Waals surface area contributed by atoms with Crippen LogP contribution in [0.1, 0.15) is 18.2 Å². The summed E-state index contributed by atoms with van der Waals surface area (Å²) in [4.78, 5) is 18.2. The summed E-state index contributed by atoms with van der Waals surface area (Å²) in [6.07, 6.45) is 2.37. The first-order chi connectivity index (χ1) is 14.5. The third-order valence-electron chi connectivity index (χ3n) is 4.35. The van der Waals surface area contributed by atoms with Gasteiger partial charge in [0.15, 0.2) is 12.4 Å². The molecule has 0 radical (unpaired) electrons. The number of benzene rings is 1. The van der Waals surface area contributed by atoms with Gasteiger partial charge >= 0.3 is 0 Å². The molecule has 1 amide bonds. The monoisotopic (exact) mass is 409 g/mol. The van der Waals surface area contributed by atoms with Crippen LogP contribution in [0.4, 0.5) is 10.2 Å². The van der Waals surface area contributed by atoms with Gasteiger partial charge in [0.2, 0.25) is 5.88 Å². The van der Waals surface area contributed by atoms with E-state index < -0.39 is 0 Å². The van der Waals surface area contributed by atoms with E-state index in [4.69, 9.17) is 4.74 Å². The number of nitrogens with zero attached hydrogens (tertiary/aromatic N) is 4. The van der Waals surface area contributed by atoms with Crippen LogP contribution in [-0.2, 0) is 17.8 Å². The summed E-state index contributed by atoms with van der Waals surface area (Å²) >= 11 is 0. The van der Waals surface area contributed by atoms with Crippen molar-refractivity contribution in [2.24, 2.45) is 0 Å². The van der Waals surface area contributed by atoms with Crippen LogP contribution in [0.15, 0.2) is 60.8 Å². The quantitative estimate of drug-likeness (QED) is 0.585. The molecule has 1 N–H and O–H groups in total. The molecule has 0 saturated heterocycles. The van der Waals surface area contributed by atoms with Crippen LogP contribution in [-0.4, -0.2) is 40.8 Å². The number of amides is 1. The maximum Gasteiger partial charge on any atom is 0.258 e. The topological polar surface area (TPSA) is 80.2 Å². The molecule has 0 aliphatic carbocycles. The lowest BCUT2D eigenvalue weighted by molar-refractivity contribution is -0.123. The van der Waals surface area contributed by atoms with Crippen molar-refractivity contribution in [1.82, 2.24) is 20.5 Å². The second-order valence-corrected chi connectivity index (χ2v) is 6.99. The Balaban J connectivity index is 1.44. The second-order valence-electron chi connectivity index (χ2n) is 6.99. The fourth-order valence-corrected chi connectivity index (χ4v) is 2.88. The van der Waals surface area contributed by atoms with E-state index in [-0.39, 0.29) is 30.3 Å². The summed E-state index contributed by atoms with van der Waals surface area (Å²) in [6.45, 7) is 2.33.